The second-order valence-corrected chi connectivity index (χ2v) is 5.30. The van der Waals surface area contributed by atoms with Crippen LogP contribution >= 0.6 is 0 Å². The standard InChI is InChI=1S/C16H19N5O2/c1-12-10-15(22)19-16(18-12)20-17-11-13-2-4-14(5-3-13)21-6-8-23-9-7-21/h2-5,10-11H,6-9H2,1H3,(H2,18,19,20,22)/b17-11+. The van der Waals surface area contributed by atoms with E-state index in [4.69, 9.17) is 4.74 Å². The van der Waals surface area contributed by atoms with Crippen LogP contribution in [0.15, 0.2) is 40.2 Å². The predicted molar refractivity (Wildman–Crippen MR) is 90.3 cm³/mol. The van der Waals surface area contributed by atoms with Crippen molar-refractivity contribution < 1.29 is 4.74 Å². The minimum absolute atomic E-state index is 0.204. The predicted octanol–water partition coefficient (Wildman–Crippen LogP) is 1.36. The number of hydrogen-bond acceptors (Lipinski definition) is 6. The van der Waals surface area contributed by atoms with Crippen LogP contribution in [-0.2, 0) is 4.74 Å². The maximum atomic E-state index is 11.3. The van der Waals surface area contributed by atoms with Crippen molar-refractivity contribution in [2.75, 3.05) is 36.6 Å². The SMILES string of the molecule is Cc1cc(=O)[nH]c(N/N=C/c2ccc(N3CCOCC3)cc2)n1. The van der Waals surface area contributed by atoms with Gasteiger partial charge in [-0.2, -0.15) is 5.10 Å². The lowest BCUT2D eigenvalue weighted by molar-refractivity contribution is 0.122. The second kappa shape index (κ2) is 7.06. The van der Waals surface area contributed by atoms with Crippen LogP contribution in [0.5, 0.6) is 0 Å². The van der Waals surface area contributed by atoms with Crippen molar-refractivity contribution in [2.45, 2.75) is 6.92 Å². The average Bonchev–Trinajstić information content (AvgIpc) is 2.55. The van der Waals surface area contributed by atoms with Gasteiger partial charge in [0.15, 0.2) is 0 Å². The Morgan fingerprint density at radius 1 is 1.30 bits per heavy atom. The summed E-state index contributed by atoms with van der Waals surface area (Å²) in [6.45, 7) is 5.14. The first kappa shape index (κ1) is 15.2. The molecule has 1 fully saturated rings. The molecule has 3 rings (SSSR count). The maximum absolute atomic E-state index is 11.3. The van der Waals surface area contributed by atoms with Gasteiger partial charge in [-0.3, -0.25) is 9.78 Å². The van der Waals surface area contributed by atoms with E-state index in [1.165, 1.54) is 11.8 Å². The Hall–Kier alpha value is -2.67. The van der Waals surface area contributed by atoms with Gasteiger partial charge in [-0.1, -0.05) is 12.1 Å². The van der Waals surface area contributed by atoms with Gasteiger partial charge in [0.2, 0.25) is 5.95 Å². The van der Waals surface area contributed by atoms with Crippen LogP contribution in [0.25, 0.3) is 0 Å². The molecule has 2 N–H and O–H groups in total. The number of H-pyrrole nitrogens is 1. The summed E-state index contributed by atoms with van der Waals surface area (Å²) < 4.78 is 5.35. The molecule has 0 spiro atoms. The van der Waals surface area contributed by atoms with Gasteiger partial charge in [-0.25, -0.2) is 10.4 Å². The highest BCUT2D eigenvalue weighted by atomic mass is 16.5. The normalized spacial score (nSPS) is 15.1. The first-order valence-corrected chi connectivity index (χ1v) is 7.50. The van der Waals surface area contributed by atoms with Crippen molar-refractivity contribution in [3.05, 3.63) is 51.9 Å². The molecule has 2 heterocycles. The van der Waals surface area contributed by atoms with Crippen LogP contribution in [0.3, 0.4) is 0 Å². The lowest BCUT2D eigenvalue weighted by atomic mass is 10.2. The molecule has 120 valence electrons. The lowest BCUT2D eigenvalue weighted by Gasteiger charge is -2.28. The Balaban J connectivity index is 1.62. The van der Waals surface area contributed by atoms with Gasteiger partial charge in [0.1, 0.15) is 0 Å². The minimum atomic E-state index is -0.204. The summed E-state index contributed by atoms with van der Waals surface area (Å²) in [6, 6.07) is 9.57. The van der Waals surface area contributed by atoms with Gasteiger partial charge in [-0.05, 0) is 24.6 Å². The smallest absolute Gasteiger partial charge is 0.252 e. The Bertz CT molecular complexity index is 733. The number of aryl methyl sites for hydroxylation is 1. The Morgan fingerprint density at radius 2 is 2.04 bits per heavy atom. The zero-order valence-electron chi connectivity index (χ0n) is 13.0. The van der Waals surface area contributed by atoms with Crippen LogP contribution in [0.2, 0.25) is 0 Å². The first-order chi connectivity index (χ1) is 11.2. The van der Waals surface area contributed by atoms with E-state index in [9.17, 15) is 4.79 Å². The largest absolute Gasteiger partial charge is 0.378 e. The molecule has 7 heteroatoms. The van der Waals surface area contributed by atoms with E-state index in [1.807, 2.05) is 12.1 Å². The van der Waals surface area contributed by atoms with Gasteiger partial charge in [0, 0.05) is 30.5 Å². The summed E-state index contributed by atoms with van der Waals surface area (Å²) in [5.41, 5.74) is 5.31. The number of nitrogens with one attached hydrogen (secondary N) is 2. The summed E-state index contributed by atoms with van der Waals surface area (Å²) in [7, 11) is 0. The molecule has 0 radical (unpaired) electrons. The molecule has 2 aromatic rings. The van der Waals surface area contributed by atoms with Gasteiger partial charge >= 0.3 is 0 Å². The number of hydrogen-bond donors (Lipinski definition) is 2. The topological polar surface area (TPSA) is 82.6 Å². The summed E-state index contributed by atoms with van der Waals surface area (Å²) >= 11 is 0. The number of ether oxygens (including phenoxy) is 1. The fraction of sp³-hybridized carbons (Fsp3) is 0.312. The van der Waals surface area contributed by atoms with Crippen LogP contribution < -0.4 is 15.9 Å². The highest BCUT2D eigenvalue weighted by Crippen LogP contribution is 2.15. The number of aromatic nitrogens is 2. The van der Waals surface area contributed by atoms with Crippen molar-refractivity contribution in [2.24, 2.45) is 5.10 Å². The molecule has 0 aliphatic carbocycles. The molecule has 1 aromatic carbocycles. The number of nitrogens with zero attached hydrogens (tertiary/aromatic N) is 3. The van der Waals surface area contributed by atoms with Crippen molar-refractivity contribution in [3.8, 4) is 0 Å². The number of morpholine rings is 1. The highest BCUT2D eigenvalue weighted by Gasteiger charge is 2.10. The molecule has 1 aliphatic rings. The first-order valence-electron chi connectivity index (χ1n) is 7.50. The summed E-state index contributed by atoms with van der Waals surface area (Å²) in [5, 5.41) is 4.10. The molecule has 1 aromatic heterocycles. The number of hydrazone groups is 1. The quantitative estimate of drug-likeness (QED) is 0.658. The zero-order chi connectivity index (χ0) is 16.1. The maximum Gasteiger partial charge on any atom is 0.252 e. The summed E-state index contributed by atoms with van der Waals surface area (Å²) in [5.74, 6) is 0.330. The molecule has 1 aliphatic heterocycles. The third-order valence-electron chi connectivity index (χ3n) is 3.52. The molecular weight excluding hydrogens is 294 g/mol. The monoisotopic (exact) mass is 313 g/mol. The molecular formula is C16H19N5O2. The van der Waals surface area contributed by atoms with Gasteiger partial charge in [-0.15, -0.1) is 0 Å². The highest BCUT2D eigenvalue weighted by molar-refractivity contribution is 5.80. The third kappa shape index (κ3) is 4.17. The third-order valence-corrected chi connectivity index (χ3v) is 3.52. The Labute approximate surface area is 134 Å². The molecule has 0 bridgehead atoms. The Morgan fingerprint density at radius 3 is 2.74 bits per heavy atom. The van der Waals surface area contributed by atoms with E-state index in [-0.39, 0.29) is 5.56 Å². The molecule has 0 amide bonds. The number of rotatable bonds is 4. The average molecular weight is 313 g/mol. The number of anilines is 2. The van der Waals surface area contributed by atoms with E-state index in [0.717, 1.165) is 31.9 Å². The van der Waals surface area contributed by atoms with E-state index in [1.54, 1.807) is 13.1 Å². The molecule has 1 saturated heterocycles. The number of aromatic amines is 1. The fourth-order valence-electron chi connectivity index (χ4n) is 2.39. The molecule has 0 atom stereocenters. The van der Waals surface area contributed by atoms with Crippen LogP contribution in [0.1, 0.15) is 11.3 Å². The van der Waals surface area contributed by atoms with Crippen molar-refractivity contribution in [3.63, 3.8) is 0 Å². The Kier molecular flexibility index (Phi) is 4.68. The van der Waals surface area contributed by atoms with Crippen molar-refractivity contribution >= 4 is 17.9 Å². The summed E-state index contributed by atoms with van der Waals surface area (Å²) in [4.78, 5) is 20.3. The lowest BCUT2D eigenvalue weighted by Crippen LogP contribution is -2.36. The fourth-order valence-corrected chi connectivity index (χ4v) is 2.39. The second-order valence-electron chi connectivity index (χ2n) is 5.30. The van der Waals surface area contributed by atoms with E-state index in [2.05, 4.69) is 37.5 Å². The van der Waals surface area contributed by atoms with Crippen molar-refractivity contribution in [1.29, 1.82) is 0 Å². The van der Waals surface area contributed by atoms with Gasteiger partial charge < -0.3 is 9.64 Å². The van der Waals surface area contributed by atoms with Gasteiger partial charge in [0.05, 0.1) is 19.4 Å². The minimum Gasteiger partial charge on any atom is -0.378 e. The molecule has 23 heavy (non-hydrogen) atoms. The molecule has 7 nitrogen and oxygen atoms in total. The zero-order valence-corrected chi connectivity index (χ0v) is 13.0. The van der Waals surface area contributed by atoms with Gasteiger partial charge in [0.25, 0.3) is 5.56 Å². The van der Waals surface area contributed by atoms with E-state index in [0.29, 0.717) is 11.6 Å². The van der Waals surface area contributed by atoms with Crippen LogP contribution in [0, 0.1) is 6.92 Å². The number of benzene rings is 1. The van der Waals surface area contributed by atoms with Crippen molar-refractivity contribution in [1.82, 2.24) is 9.97 Å². The van der Waals surface area contributed by atoms with Crippen LogP contribution in [-0.4, -0.2) is 42.5 Å². The molecule has 0 saturated carbocycles. The van der Waals surface area contributed by atoms with Crippen LogP contribution in [0.4, 0.5) is 11.6 Å². The van der Waals surface area contributed by atoms with E-state index >= 15 is 0 Å². The molecule has 0 unspecified atom stereocenters. The van der Waals surface area contributed by atoms with E-state index < -0.39 is 0 Å². The summed E-state index contributed by atoms with van der Waals surface area (Å²) in [6.07, 6.45) is 1.69.